The van der Waals surface area contributed by atoms with E-state index in [1.807, 2.05) is 6.92 Å². The Labute approximate surface area is 93.4 Å². The van der Waals surface area contributed by atoms with Crippen LogP contribution in [0.2, 0.25) is 5.02 Å². The number of nitrogens with two attached hydrogens (primary N) is 1. The van der Waals surface area contributed by atoms with Crippen molar-refractivity contribution in [2.45, 2.75) is 26.4 Å². The van der Waals surface area contributed by atoms with E-state index in [1.54, 1.807) is 19.2 Å². The first-order chi connectivity index (χ1) is 7.04. The number of primary amides is 1. The highest BCUT2D eigenvalue weighted by atomic mass is 35.5. The van der Waals surface area contributed by atoms with Gasteiger partial charge in [0, 0.05) is 6.20 Å². The molecule has 5 heteroatoms. The number of nitrogens with zero attached hydrogens (tertiary/aromatic N) is 1. The molecule has 0 aromatic carbocycles. The lowest BCUT2D eigenvalue weighted by Crippen LogP contribution is -2.33. The smallest absolute Gasteiger partial charge is 0.258 e. The molecule has 1 heterocycles. The van der Waals surface area contributed by atoms with Crippen molar-refractivity contribution in [2.24, 2.45) is 5.73 Å². The van der Waals surface area contributed by atoms with E-state index in [9.17, 15) is 4.79 Å². The molecule has 1 amide bonds. The molecule has 0 saturated heterocycles. The molecule has 0 spiro atoms. The van der Waals surface area contributed by atoms with Gasteiger partial charge in [-0.15, -0.1) is 0 Å². The molecule has 4 nitrogen and oxygen atoms in total. The number of carbonyl (C=O) groups is 1. The van der Waals surface area contributed by atoms with Crippen molar-refractivity contribution < 1.29 is 9.53 Å². The Morgan fingerprint density at radius 2 is 2.40 bits per heavy atom. The summed E-state index contributed by atoms with van der Waals surface area (Å²) in [7, 11) is 0. The fourth-order valence-corrected chi connectivity index (χ4v) is 1.35. The Morgan fingerprint density at radius 1 is 1.73 bits per heavy atom. The van der Waals surface area contributed by atoms with Gasteiger partial charge in [-0.25, -0.2) is 4.98 Å². The second-order valence-corrected chi connectivity index (χ2v) is 3.62. The molecule has 0 aliphatic rings. The second-order valence-electron chi connectivity index (χ2n) is 3.22. The monoisotopic (exact) mass is 228 g/mol. The molecule has 0 radical (unpaired) electrons. The highest BCUT2D eigenvalue weighted by molar-refractivity contribution is 6.31. The van der Waals surface area contributed by atoms with Crippen LogP contribution in [0.1, 0.15) is 18.9 Å². The summed E-state index contributed by atoms with van der Waals surface area (Å²) in [6.45, 7) is 3.67. The Hall–Kier alpha value is -1.29. The minimum atomic E-state index is -0.683. The molecule has 0 fully saturated rings. The molecule has 15 heavy (non-hydrogen) atoms. The van der Waals surface area contributed by atoms with E-state index in [-0.39, 0.29) is 5.88 Å². The normalized spacial score (nSPS) is 12.2. The van der Waals surface area contributed by atoms with Crippen LogP contribution in [0, 0.1) is 6.92 Å². The lowest BCUT2D eigenvalue weighted by molar-refractivity contribution is -0.124. The van der Waals surface area contributed by atoms with Crippen LogP contribution in [0.5, 0.6) is 5.88 Å². The number of pyridine rings is 1. The number of aromatic nitrogens is 1. The molecule has 1 atom stereocenters. The van der Waals surface area contributed by atoms with Crippen LogP contribution in [0.4, 0.5) is 0 Å². The highest BCUT2D eigenvalue weighted by Crippen LogP contribution is 2.23. The van der Waals surface area contributed by atoms with Crippen molar-refractivity contribution in [3.05, 3.63) is 22.8 Å². The van der Waals surface area contributed by atoms with Crippen LogP contribution >= 0.6 is 11.6 Å². The van der Waals surface area contributed by atoms with E-state index in [1.165, 1.54) is 0 Å². The van der Waals surface area contributed by atoms with Crippen LogP contribution in [0.25, 0.3) is 0 Å². The van der Waals surface area contributed by atoms with Gasteiger partial charge in [0.1, 0.15) is 5.02 Å². The number of amides is 1. The predicted octanol–water partition coefficient (Wildman–Crippen LogP) is 1.69. The molecule has 0 aliphatic carbocycles. The summed E-state index contributed by atoms with van der Waals surface area (Å²) < 4.78 is 5.29. The van der Waals surface area contributed by atoms with Crippen LogP contribution < -0.4 is 10.5 Å². The predicted molar refractivity (Wildman–Crippen MR) is 57.9 cm³/mol. The molecule has 1 aromatic heterocycles. The van der Waals surface area contributed by atoms with Gasteiger partial charge < -0.3 is 10.5 Å². The van der Waals surface area contributed by atoms with Crippen molar-refractivity contribution in [2.75, 3.05) is 0 Å². The molecular weight excluding hydrogens is 216 g/mol. The van der Waals surface area contributed by atoms with Gasteiger partial charge in [0.2, 0.25) is 5.88 Å². The third-order valence-electron chi connectivity index (χ3n) is 1.89. The third-order valence-corrected chi connectivity index (χ3v) is 2.16. The summed E-state index contributed by atoms with van der Waals surface area (Å²) in [6, 6.07) is 1.72. The van der Waals surface area contributed by atoms with Gasteiger partial charge >= 0.3 is 0 Å². The summed E-state index contributed by atoms with van der Waals surface area (Å²) in [4.78, 5) is 14.9. The van der Waals surface area contributed by atoms with Crippen LogP contribution in [-0.2, 0) is 4.79 Å². The molecule has 82 valence electrons. The Morgan fingerprint density at radius 3 is 2.87 bits per heavy atom. The zero-order valence-corrected chi connectivity index (χ0v) is 9.41. The minimum Gasteiger partial charge on any atom is -0.463 e. The molecule has 1 aromatic rings. The first kappa shape index (κ1) is 11.8. The molecule has 1 rings (SSSR count). The molecule has 0 unspecified atom stereocenters. The van der Waals surface area contributed by atoms with Gasteiger partial charge in [0.05, 0.1) is 0 Å². The summed E-state index contributed by atoms with van der Waals surface area (Å²) >= 11 is 5.90. The van der Waals surface area contributed by atoms with E-state index in [2.05, 4.69) is 4.98 Å². The van der Waals surface area contributed by atoms with Crippen LogP contribution in [0.15, 0.2) is 12.3 Å². The maximum atomic E-state index is 10.9. The molecule has 0 aliphatic heterocycles. The summed E-state index contributed by atoms with van der Waals surface area (Å²) in [5.41, 5.74) is 6.07. The number of ether oxygens (including phenoxy) is 1. The maximum Gasteiger partial charge on any atom is 0.258 e. The van der Waals surface area contributed by atoms with Crippen molar-refractivity contribution in [3.63, 3.8) is 0 Å². The second kappa shape index (κ2) is 4.98. The lowest BCUT2D eigenvalue weighted by atomic mass is 10.2. The quantitative estimate of drug-likeness (QED) is 0.853. The average Bonchev–Trinajstić information content (AvgIpc) is 2.16. The van der Waals surface area contributed by atoms with E-state index in [0.29, 0.717) is 11.4 Å². The van der Waals surface area contributed by atoms with Gasteiger partial charge in [0.15, 0.2) is 6.10 Å². The van der Waals surface area contributed by atoms with Gasteiger partial charge in [0.25, 0.3) is 5.91 Å². The van der Waals surface area contributed by atoms with Gasteiger partial charge in [-0.2, -0.15) is 0 Å². The van der Waals surface area contributed by atoms with Gasteiger partial charge in [-0.1, -0.05) is 18.5 Å². The number of rotatable bonds is 4. The van der Waals surface area contributed by atoms with Gasteiger partial charge in [-0.05, 0) is 25.0 Å². The van der Waals surface area contributed by atoms with Crippen molar-refractivity contribution >= 4 is 17.5 Å². The minimum absolute atomic E-state index is 0.243. The van der Waals surface area contributed by atoms with E-state index in [0.717, 1.165) is 5.56 Å². The molecule has 0 bridgehead atoms. The molecular formula is C10H13ClN2O2. The zero-order chi connectivity index (χ0) is 11.4. The number of carbonyl (C=O) groups excluding carboxylic acids is 1. The summed E-state index contributed by atoms with van der Waals surface area (Å²) in [5, 5.41) is 0.384. The lowest BCUT2D eigenvalue weighted by Gasteiger charge is -2.13. The molecule has 2 N–H and O–H groups in total. The maximum absolute atomic E-state index is 10.9. The standard InChI is InChI=1S/C10H13ClN2O2/c1-3-8(9(12)14)15-10-7(11)4-6(2)5-13-10/h4-5,8H,3H2,1-2H3,(H2,12,14)/t8-/m1/s1. The Kier molecular flexibility index (Phi) is 3.91. The number of halogens is 1. The largest absolute Gasteiger partial charge is 0.463 e. The Balaban J connectivity index is 2.84. The van der Waals surface area contributed by atoms with E-state index >= 15 is 0 Å². The van der Waals surface area contributed by atoms with Crippen molar-refractivity contribution in [3.8, 4) is 5.88 Å². The topological polar surface area (TPSA) is 65.2 Å². The number of hydrogen-bond donors (Lipinski definition) is 1. The van der Waals surface area contributed by atoms with Crippen LogP contribution in [0.3, 0.4) is 0 Å². The summed E-state index contributed by atoms with van der Waals surface area (Å²) in [5.74, 6) is -0.274. The van der Waals surface area contributed by atoms with Gasteiger partial charge in [-0.3, -0.25) is 4.79 Å². The molecule has 0 saturated carbocycles. The fourth-order valence-electron chi connectivity index (χ4n) is 1.09. The Bertz CT molecular complexity index is 368. The highest BCUT2D eigenvalue weighted by Gasteiger charge is 2.16. The third kappa shape index (κ3) is 3.09. The van der Waals surface area contributed by atoms with Crippen LogP contribution in [-0.4, -0.2) is 17.0 Å². The van der Waals surface area contributed by atoms with E-state index < -0.39 is 12.0 Å². The average molecular weight is 229 g/mol. The first-order valence-electron chi connectivity index (χ1n) is 4.62. The zero-order valence-electron chi connectivity index (χ0n) is 8.66. The SMILES string of the molecule is CC[C@@H](Oc1ncc(C)cc1Cl)C(N)=O. The van der Waals surface area contributed by atoms with Crippen molar-refractivity contribution in [1.82, 2.24) is 4.98 Å². The van der Waals surface area contributed by atoms with E-state index in [4.69, 9.17) is 22.1 Å². The number of hydrogen-bond acceptors (Lipinski definition) is 3. The fraction of sp³-hybridized carbons (Fsp3) is 0.400. The summed E-state index contributed by atoms with van der Waals surface area (Å²) in [6.07, 6.45) is 1.42. The number of aryl methyl sites for hydroxylation is 1. The van der Waals surface area contributed by atoms with Crippen molar-refractivity contribution in [1.29, 1.82) is 0 Å². The first-order valence-corrected chi connectivity index (χ1v) is 5.00.